The summed E-state index contributed by atoms with van der Waals surface area (Å²) in [7, 11) is 0. The van der Waals surface area contributed by atoms with Crippen LogP contribution in [0.1, 0.15) is 32.9 Å². The summed E-state index contributed by atoms with van der Waals surface area (Å²) in [6, 6.07) is 3.65. The van der Waals surface area contributed by atoms with Gasteiger partial charge < -0.3 is 16.2 Å². The van der Waals surface area contributed by atoms with Gasteiger partial charge in [-0.3, -0.25) is 0 Å². The van der Waals surface area contributed by atoms with Crippen LogP contribution in [-0.2, 0) is 0 Å². The van der Waals surface area contributed by atoms with Crippen molar-refractivity contribution in [1.82, 2.24) is 4.98 Å². The zero-order chi connectivity index (χ0) is 13.1. The van der Waals surface area contributed by atoms with Crippen molar-refractivity contribution in [3.63, 3.8) is 0 Å². The summed E-state index contributed by atoms with van der Waals surface area (Å²) < 4.78 is 0. The third-order valence-corrected chi connectivity index (χ3v) is 2.49. The van der Waals surface area contributed by atoms with Crippen molar-refractivity contribution in [1.29, 1.82) is 0 Å². The van der Waals surface area contributed by atoms with Crippen LogP contribution in [0.5, 0.6) is 0 Å². The first-order chi connectivity index (χ1) is 7.78. The minimum Gasteiger partial charge on any atom is -0.397 e. The normalized spacial score (nSPS) is 13.5. The van der Waals surface area contributed by atoms with Crippen molar-refractivity contribution in [3.8, 4) is 0 Å². The van der Waals surface area contributed by atoms with Crippen molar-refractivity contribution in [3.05, 3.63) is 17.8 Å². The molecule has 0 aromatic carbocycles. The van der Waals surface area contributed by atoms with Crippen LogP contribution in [-0.4, -0.2) is 22.7 Å². The number of nitrogen functional groups attached to an aromatic ring is 1. The smallest absolute Gasteiger partial charge is 0.126 e. The molecule has 0 aliphatic carbocycles. The van der Waals surface area contributed by atoms with Crippen LogP contribution in [0.25, 0.3) is 0 Å². The van der Waals surface area contributed by atoms with Crippen molar-refractivity contribution < 1.29 is 5.11 Å². The maximum atomic E-state index is 9.86. The van der Waals surface area contributed by atoms with E-state index in [0.717, 1.165) is 17.9 Å². The lowest BCUT2D eigenvalue weighted by atomic mass is 9.89. The molecule has 17 heavy (non-hydrogen) atoms. The molecule has 0 amide bonds. The maximum Gasteiger partial charge on any atom is 0.126 e. The first-order valence-corrected chi connectivity index (χ1v) is 5.93. The predicted molar refractivity (Wildman–Crippen MR) is 72.0 cm³/mol. The molecular weight excluding hydrogens is 214 g/mol. The van der Waals surface area contributed by atoms with E-state index in [1.165, 1.54) is 0 Å². The topological polar surface area (TPSA) is 71.2 Å². The van der Waals surface area contributed by atoms with Crippen LogP contribution in [0.4, 0.5) is 11.5 Å². The number of aryl methyl sites for hydroxylation is 1. The molecule has 0 saturated carbocycles. The van der Waals surface area contributed by atoms with E-state index in [1.54, 1.807) is 0 Å². The molecule has 0 saturated heterocycles. The molecule has 4 nitrogen and oxygen atoms in total. The number of pyridine rings is 1. The van der Waals surface area contributed by atoms with E-state index in [-0.39, 0.29) is 11.5 Å². The zero-order valence-corrected chi connectivity index (χ0v) is 11.1. The Bertz CT molecular complexity index is 371. The van der Waals surface area contributed by atoms with Gasteiger partial charge in [0.2, 0.25) is 0 Å². The summed E-state index contributed by atoms with van der Waals surface area (Å²) in [5.41, 5.74) is 7.31. The van der Waals surface area contributed by atoms with Gasteiger partial charge in [-0.25, -0.2) is 4.98 Å². The molecule has 1 heterocycles. The quantitative estimate of drug-likeness (QED) is 0.750. The molecule has 1 aromatic rings. The number of rotatable bonds is 4. The van der Waals surface area contributed by atoms with Gasteiger partial charge in [0.15, 0.2) is 0 Å². The summed E-state index contributed by atoms with van der Waals surface area (Å²) >= 11 is 0. The molecule has 0 bridgehead atoms. The van der Waals surface area contributed by atoms with Crippen LogP contribution in [0.3, 0.4) is 0 Å². The van der Waals surface area contributed by atoms with Crippen LogP contribution in [0, 0.1) is 12.3 Å². The molecule has 1 atom stereocenters. The van der Waals surface area contributed by atoms with E-state index in [1.807, 2.05) is 19.1 Å². The van der Waals surface area contributed by atoms with Crippen LogP contribution in [0.15, 0.2) is 12.1 Å². The predicted octanol–water partition coefficient (Wildman–Crippen LogP) is 2.18. The Balaban J connectivity index is 2.47. The molecule has 0 spiro atoms. The van der Waals surface area contributed by atoms with Gasteiger partial charge in [-0.1, -0.05) is 20.8 Å². The maximum absolute atomic E-state index is 9.86. The highest BCUT2D eigenvalue weighted by Gasteiger charge is 2.16. The number of nitrogens with zero attached hydrogens (tertiary/aromatic N) is 1. The van der Waals surface area contributed by atoms with Crippen LogP contribution < -0.4 is 11.1 Å². The first-order valence-electron chi connectivity index (χ1n) is 5.93. The molecule has 0 aliphatic rings. The minimum absolute atomic E-state index is 0.131. The molecule has 0 radical (unpaired) electrons. The summed E-state index contributed by atoms with van der Waals surface area (Å²) in [5, 5.41) is 13.0. The second-order valence-electron chi connectivity index (χ2n) is 5.67. The van der Waals surface area contributed by atoms with Gasteiger partial charge in [-0.15, -0.1) is 0 Å². The average Bonchev–Trinajstić information content (AvgIpc) is 2.17. The number of aromatic nitrogens is 1. The van der Waals surface area contributed by atoms with E-state index >= 15 is 0 Å². The highest BCUT2D eigenvalue weighted by molar-refractivity contribution is 5.49. The van der Waals surface area contributed by atoms with E-state index < -0.39 is 0 Å². The fraction of sp³-hybridized carbons (Fsp3) is 0.615. The van der Waals surface area contributed by atoms with Gasteiger partial charge >= 0.3 is 0 Å². The van der Waals surface area contributed by atoms with E-state index in [4.69, 9.17) is 5.73 Å². The van der Waals surface area contributed by atoms with Gasteiger partial charge in [0.25, 0.3) is 0 Å². The van der Waals surface area contributed by atoms with Gasteiger partial charge in [-0.05, 0) is 30.9 Å². The number of nitrogens with one attached hydrogen (secondary N) is 1. The summed E-state index contributed by atoms with van der Waals surface area (Å²) in [6.07, 6.45) is 0.392. The van der Waals surface area contributed by atoms with Crippen molar-refractivity contribution in [2.24, 2.45) is 5.41 Å². The molecule has 1 aromatic heterocycles. The molecule has 0 aliphatic heterocycles. The zero-order valence-electron chi connectivity index (χ0n) is 11.1. The van der Waals surface area contributed by atoms with Crippen LogP contribution >= 0.6 is 0 Å². The van der Waals surface area contributed by atoms with E-state index in [9.17, 15) is 5.11 Å². The largest absolute Gasteiger partial charge is 0.397 e. The molecule has 4 N–H and O–H groups in total. The SMILES string of the molecule is Cc1nc(NCC(O)CC(C)(C)C)ccc1N. The van der Waals surface area contributed by atoms with Crippen molar-refractivity contribution >= 4 is 11.5 Å². The Morgan fingerprint density at radius 2 is 2.06 bits per heavy atom. The molecule has 1 unspecified atom stereocenters. The Morgan fingerprint density at radius 3 is 2.59 bits per heavy atom. The number of aliphatic hydroxyl groups is 1. The van der Waals surface area contributed by atoms with Crippen LogP contribution in [0.2, 0.25) is 0 Å². The lowest BCUT2D eigenvalue weighted by molar-refractivity contribution is 0.132. The van der Waals surface area contributed by atoms with Gasteiger partial charge in [0.05, 0.1) is 17.5 Å². The third kappa shape index (κ3) is 5.04. The standard InChI is InChI=1S/C13H23N3O/c1-9-11(14)5-6-12(16-9)15-8-10(17)7-13(2,3)4/h5-6,10,17H,7-8,14H2,1-4H3,(H,15,16). The first kappa shape index (κ1) is 13.8. The highest BCUT2D eigenvalue weighted by Crippen LogP contribution is 2.21. The Morgan fingerprint density at radius 1 is 1.41 bits per heavy atom. The number of nitrogens with two attached hydrogens (primary N) is 1. The molecule has 0 fully saturated rings. The lowest BCUT2D eigenvalue weighted by Crippen LogP contribution is -2.25. The average molecular weight is 237 g/mol. The van der Waals surface area contributed by atoms with E-state index in [0.29, 0.717) is 12.2 Å². The third-order valence-electron chi connectivity index (χ3n) is 2.49. The Kier molecular flexibility index (Phi) is 4.34. The van der Waals surface area contributed by atoms with Gasteiger partial charge in [0.1, 0.15) is 5.82 Å². The number of hydrogen-bond donors (Lipinski definition) is 3. The van der Waals surface area contributed by atoms with Crippen molar-refractivity contribution in [2.75, 3.05) is 17.6 Å². The number of hydrogen-bond acceptors (Lipinski definition) is 4. The van der Waals surface area contributed by atoms with Crippen molar-refractivity contribution in [2.45, 2.75) is 40.2 Å². The lowest BCUT2D eigenvalue weighted by Gasteiger charge is -2.22. The fourth-order valence-electron chi connectivity index (χ4n) is 1.67. The number of anilines is 2. The molecular formula is C13H23N3O. The van der Waals surface area contributed by atoms with E-state index in [2.05, 4.69) is 31.1 Å². The molecule has 1 rings (SSSR count). The fourth-order valence-corrected chi connectivity index (χ4v) is 1.67. The monoisotopic (exact) mass is 237 g/mol. The summed E-state index contributed by atoms with van der Waals surface area (Å²) in [6.45, 7) is 8.71. The minimum atomic E-state index is -0.366. The second kappa shape index (κ2) is 5.36. The second-order valence-corrected chi connectivity index (χ2v) is 5.67. The van der Waals surface area contributed by atoms with Gasteiger partial charge in [-0.2, -0.15) is 0 Å². The Labute approximate surface area is 103 Å². The Hall–Kier alpha value is -1.29. The summed E-state index contributed by atoms with van der Waals surface area (Å²) in [4.78, 5) is 4.29. The molecule has 96 valence electrons. The highest BCUT2D eigenvalue weighted by atomic mass is 16.3. The molecule has 4 heteroatoms. The van der Waals surface area contributed by atoms with Gasteiger partial charge in [0, 0.05) is 6.54 Å². The summed E-state index contributed by atoms with van der Waals surface area (Å²) in [5.74, 6) is 0.754. The number of aliphatic hydroxyl groups excluding tert-OH is 1.